The van der Waals surface area contributed by atoms with Crippen molar-refractivity contribution in [3.05, 3.63) is 107 Å². The lowest BCUT2D eigenvalue weighted by atomic mass is 9.88. The van der Waals surface area contributed by atoms with Gasteiger partial charge >= 0.3 is 0 Å². The maximum Gasteiger partial charge on any atom is 0.188 e. The molecule has 2 saturated heterocycles. The summed E-state index contributed by atoms with van der Waals surface area (Å²) in [6.07, 6.45) is 13.4. The number of aromatic nitrogens is 4. The van der Waals surface area contributed by atoms with Crippen LogP contribution in [-0.2, 0) is 17.9 Å². The number of Topliss-reactive ketones (excluding diaryl/α,β-unsaturated/α-hetero) is 1. The fourth-order valence-electron chi connectivity index (χ4n) is 6.00. The van der Waals surface area contributed by atoms with Gasteiger partial charge in [0.05, 0.1) is 27.3 Å². The molecule has 204 valence electrons. The van der Waals surface area contributed by atoms with E-state index in [0.717, 1.165) is 57.7 Å². The molecule has 2 aliphatic heterocycles. The van der Waals surface area contributed by atoms with E-state index < -0.39 is 0 Å². The number of piperidine rings is 1. The van der Waals surface area contributed by atoms with Crippen molar-refractivity contribution in [3.8, 4) is 11.5 Å². The molecule has 0 radical (unpaired) electrons. The van der Waals surface area contributed by atoms with E-state index in [4.69, 9.17) is 9.47 Å². The molecule has 4 aromatic rings. The van der Waals surface area contributed by atoms with Gasteiger partial charge in [-0.15, -0.1) is 0 Å². The Morgan fingerprint density at radius 2 is 1.27 bits per heavy atom. The standard InChI is InChI=1S/C32H33N5O3/c1-35-28-8-9-29(35)27(19-23-7-11-31(40-3)25(17-23)21-37-15-5-13-34-37)32(38)26(28)18-22-6-10-30(39-2)24(16-22)20-36-14-4-12-33-36/h4-7,10-19,28-29H,8-9,20-21H2,1-3H3. The first-order chi connectivity index (χ1) is 19.5. The summed E-state index contributed by atoms with van der Waals surface area (Å²) >= 11 is 0. The number of nitrogens with zero attached hydrogens (tertiary/aromatic N) is 5. The summed E-state index contributed by atoms with van der Waals surface area (Å²) < 4.78 is 15.0. The summed E-state index contributed by atoms with van der Waals surface area (Å²) in [5, 5.41) is 8.67. The molecular formula is C32H33N5O3. The quantitative estimate of drug-likeness (QED) is 0.305. The summed E-state index contributed by atoms with van der Waals surface area (Å²) in [6, 6.07) is 16.2. The molecule has 2 aliphatic rings. The highest BCUT2D eigenvalue weighted by Gasteiger charge is 2.44. The number of carbonyl (C=O) groups is 1. The third kappa shape index (κ3) is 4.98. The molecule has 2 unspecified atom stereocenters. The monoisotopic (exact) mass is 535 g/mol. The van der Waals surface area contributed by atoms with Gasteiger partial charge in [0.1, 0.15) is 11.5 Å². The first kappa shape index (κ1) is 25.8. The van der Waals surface area contributed by atoms with Crippen molar-refractivity contribution in [2.45, 2.75) is 38.0 Å². The number of fused-ring (bicyclic) bond motifs is 2. The lowest BCUT2D eigenvalue weighted by Gasteiger charge is -2.34. The van der Waals surface area contributed by atoms with Gasteiger partial charge < -0.3 is 9.47 Å². The van der Waals surface area contributed by atoms with Crippen molar-refractivity contribution in [1.29, 1.82) is 0 Å². The van der Waals surface area contributed by atoms with Gasteiger partial charge in [0.2, 0.25) is 0 Å². The number of carbonyl (C=O) groups excluding carboxylic acids is 1. The Balaban J connectivity index is 1.35. The third-order valence-corrected chi connectivity index (χ3v) is 7.98. The Bertz CT molecular complexity index is 1450. The van der Waals surface area contributed by atoms with Gasteiger partial charge in [-0.3, -0.25) is 19.1 Å². The van der Waals surface area contributed by atoms with Gasteiger partial charge in [-0.05, 0) is 79.6 Å². The Kier molecular flexibility index (Phi) is 7.09. The highest BCUT2D eigenvalue weighted by molar-refractivity contribution is 6.16. The molecule has 8 nitrogen and oxygen atoms in total. The fraction of sp³-hybridized carbons (Fsp3) is 0.281. The average molecular weight is 536 g/mol. The number of likely N-dealkylation sites (N-methyl/N-ethyl adjacent to an activating group) is 1. The number of ether oxygens (including phenoxy) is 2. The molecule has 6 rings (SSSR count). The number of hydrogen-bond acceptors (Lipinski definition) is 6. The highest BCUT2D eigenvalue weighted by Crippen LogP contribution is 2.41. The van der Waals surface area contributed by atoms with E-state index >= 15 is 0 Å². The molecule has 0 N–H and O–H groups in total. The van der Waals surface area contributed by atoms with Gasteiger partial charge in [-0.1, -0.05) is 12.1 Å². The topological polar surface area (TPSA) is 74.4 Å². The largest absolute Gasteiger partial charge is 0.496 e. The Morgan fingerprint density at radius 3 is 1.68 bits per heavy atom. The van der Waals surface area contributed by atoms with Crippen LogP contribution in [0.15, 0.2) is 84.5 Å². The predicted octanol–water partition coefficient (Wildman–Crippen LogP) is 4.71. The van der Waals surface area contributed by atoms with Crippen LogP contribution in [-0.4, -0.2) is 63.6 Å². The van der Waals surface area contributed by atoms with E-state index in [1.165, 1.54) is 0 Å². The van der Waals surface area contributed by atoms with Crippen LogP contribution in [0.5, 0.6) is 11.5 Å². The normalized spacial score (nSPS) is 20.9. The van der Waals surface area contributed by atoms with Crippen LogP contribution in [0.4, 0.5) is 0 Å². The molecule has 0 saturated carbocycles. The van der Waals surface area contributed by atoms with Gasteiger partial charge in [-0.25, -0.2) is 0 Å². The van der Waals surface area contributed by atoms with Crippen LogP contribution in [0, 0.1) is 0 Å². The molecule has 2 aromatic carbocycles. The highest BCUT2D eigenvalue weighted by atomic mass is 16.5. The van der Waals surface area contributed by atoms with Gasteiger partial charge in [0.15, 0.2) is 5.78 Å². The Hall–Kier alpha value is -4.43. The van der Waals surface area contributed by atoms with Crippen molar-refractivity contribution in [2.75, 3.05) is 21.3 Å². The van der Waals surface area contributed by atoms with Crippen molar-refractivity contribution in [3.63, 3.8) is 0 Å². The lowest BCUT2D eigenvalue weighted by Crippen LogP contribution is -2.43. The smallest absolute Gasteiger partial charge is 0.188 e. The average Bonchev–Trinajstić information content (AvgIpc) is 3.73. The van der Waals surface area contributed by atoms with E-state index in [9.17, 15) is 4.79 Å². The van der Waals surface area contributed by atoms with Crippen molar-refractivity contribution < 1.29 is 14.3 Å². The van der Waals surface area contributed by atoms with E-state index in [-0.39, 0.29) is 17.9 Å². The summed E-state index contributed by atoms with van der Waals surface area (Å²) in [6.45, 7) is 1.19. The first-order valence-corrected chi connectivity index (χ1v) is 13.5. The van der Waals surface area contributed by atoms with Crippen LogP contribution in [0.25, 0.3) is 12.2 Å². The number of ketones is 1. The number of benzene rings is 2. The van der Waals surface area contributed by atoms with Crippen molar-refractivity contribution in [2.24, 2.45) is 0 Å². The molecule has 2 fully saturated rings. The van der Waals surface area contributed by atoms with E-state index in [1.807, 2.05) is 58.2 Å². The van der Waals surface area contributed by atoms with Crippen LogP contribution in [0.2, 0.25) is 0 Å². The maximum atomic E-state index is 14.0. The van der Waals surface area contributed by atoms with Crippen molar-refractivity contribution >= 4 is 17.9 Å². The Labute approximate surface area is 234 Å². The molecule has 2 bridgehead atoms. The minimum absolute atomic E-state index is 0.109. The van der Waals surface area contributed by atoms with Gasteiger partial charge in [-0.2, -0.15) is 10.2 Å². The number of hydrogen-bond donors (Lipinski definition) is 0. The van der Waals surface area contributed by atoms with E-state index in [2.05, 4.69) is 46.4 Å². The fourth-order valence-corrected chi connectivity index (χ4v) is 6.00. The molecule has 0 amide bonds. The molecule has 2 aromatic heterocycles. The van der Waals surface area contributed by atoms with E-state index in [1.54, 1.807) is 26.6 Å². The van der Waals surface area contributed by atoms with Gasteiger partial charge in [0, 0.05) is 59.1 Å². The summed E-state index contributed by atoms with van der Waals surface area (Å²) in [5.74, 6) is 1.73. The zero-order valence-electron chi connectivity index (χ0n) is 23.0. The number of rotatable bonds is 8. The predicted molar refractivity (Wildman–Crippen MR) is 154 cm³/mol. The SMILES string of the molecule is COc1ccc(C=C2C(=O)C(=Cc3ccc(OC)c(Cn4cccn4)c3)C3CCC2N3C)cc1Cn1cccn1. The third-order valence-electron chi connectivity index (χ3n) is 7.98. The van der Waals surface area contributed by atoms with Crippen LogP contribution >= 0.6 is 0 Å². The van der Waals surface area contributed by atoms with Crippen molar-refractivity contribution in [1.82, 2.24) is 24.5 Å². The second kappa shape index (κ2) is 11.0. The summed E-state index contributed by atoms with van der Waals surface area (Å²) in [4.78, 5) is 16.4. The van der Waals surface area contributed by atoms with Crippen LogP contribution in [0.3, 0.4) is 0 Å². The molecule has 0 spiro atoms. The Morgan fingerprint density at radius 1 is 0.800 bits per heavy atom. The minimum atomic E-state index is 0.109. The second-order valence-corrected chi connectivity index (χ2v) is 10.4. The zero-order chi connectivity index (χ0) is 27.6. The summed E-state index contributed by atoms with van der Waals surface area (Å²) in [5.41, 5.74) is 5.66. The molecular weight excluding hydrogens is 502 g/mol. The van der Waals surface area contributed by atoms with Crippen LogP contribution in [0.1, 0.15) is 35.1 Å². The molecule has 2 atom stereocenters. The summed E-state index contributed by atoms with van der Waals surface area (Å²) in [7, 11) is 5.48. The molecule has 8 heteroatoms. The van der Waals surface area contributed by atoms with Crippen LogP contribution < -0.4 is 9.47 Å². The maximum absolute atomic E-state index is 14.0. The minimum Gasteiger partial charge on any atom is -0.496 e. The molecule has 0 aliphatic carbocycles. The first-order valence-electron chi connectivity index (χ1n) is 13.5. The molecule has 4 heterocycles. The lowest BCUT2D eigenvalue weighted by molar-refractivity contribution is -0.114. The zero-order valence-corrected chi connectivity index (χ0v) is 23.0. The second-order valence-electron chi connectivity index (χ2n) is 10.4. The number of methoxy groups -OCH3 is 2. The molecule has 40 heavy (non-hydrogen) atoms. The van der Waals surface area contributed by atoms with Gasteiger partial charge in [0.25, 0.3) is 0 Å². The van der Waals surface area contributed by atoms with E-state index in [0.29, 0.717) is 13.1 Å².